The molecule has 1 saturated heterocycles. The molecule has 1 fully saturated rings. The Morgan fingerprint density at radius 1 is 1.12 bits per heavy atom. The highest BCUT2D eigenvalue weighted by Crippen LogP contribution is 2.25. The van der Waals surface area contributed by atoms with E-state index in [0.717, 1.165) is 31.7 Å². The number of nitrogens with two attached hydrogens (primary N) is 1. The second kappa shape index (κ2) is 8.53. The van der Waals surface area contributed by atoms with Gasteiger partial charge in [0, 0.05) is 41.8 Å². The average Bonchev–Trinajstić information content (AvgIpc) is 2.62. The summed E-state index contributed by atoms with van der Waals surface area (Å²) in [5.74, 6) is 0.860. The second-order valence-electron chi connectivity index (χ2n) is 5.94. The maximum Gasteiger partial charge on any atom is 0.231 e. The second-order valence-corrected chi connectivity index (χ2v) is 6.75. The summed E-state index contributed by atoms with van der Waals surface area (Å²) in [6.45, 7) is 3.50. The third kappa shape index (κ3) is 4.75. The van der Waals surface area contributed by atoms with Crippen molar-refractivity contribution in [1.29, 1.82) is 0 Å². The molecule has 7 nitrogen and oxygen atoms in total. The van der Waals surface area contributed by atoms with Crippen molar-refractivity contribution in [3.63, 3.8) is 0 Å². The SMILES string of the molecule is NC(=O)CN1CCN(c2ncc(OCc3c(Cl)cccc3Cl)cn2)CC1. The number of anilines is 1. The van der Waals surface area contributed by atoms with Gasteiger partial charge in [-0.15, -0.1) is 0 Å². The Balaban J connectivity index is 1.55. The van der Waals surface area contributed by atoms with Crippen LogP contribution >= 0.6 is 23.2 Å². The first-order chi connectivity index (χ1) is 12.5. The molecule has 0 spiro atoms. The first-order valence-electron chi connectivity index (χ1n) is 8.16. The van der Waals surface area contributed by atoms with Gasteiger partial charge in [-0.25, -0.2) is 9.97 Å². The Kier molecular flexibility index (Phi) is 6.13. The largest absolute Gasteiger partial charge is 0.486 e. The van der Waals surface area contributed by atoms with Crippen LogP contribution in [-0.2, 0) is 11.4 Å². The molecule has 9 heteroatoms. The van der Waals surface area contributed by atoms with Crippen molar-refractivity contribution < 1.29 is 9.53 Å². The smallest absolute Gasteiger partial charge is 0.231 e. The van der Waals surface area contributed by atoms with Gasteiger partial charge in [-0.2, -0.15) is 0 Å². The van der Waals surface area contributed by atoms with Crippen molar-refractivity contribution in [3.8, 4) is 5.75 Å². The van der Waals surface area contributed by atoms with Gasteiger partial charge in [0.15, 0.2) is 5.75 Å². The standard InChI is InChI=1S/C17H19Cl2N5O2/c18-14-2-1-3-15(19)13(14)11-26-12-8-21-17(22-9-12)24-6-4-23(5-7-24)10-16(20)25/h1-3,8-9H,4-7,10-11H2,(H2,20,25). The number of aromatic nitrogens is 2. The Morgan fingerprint density at radius 3 is 2.31 bits per heavy atom. The number of primary amides is 1. The highest BCUT2D eigenvalue weighted by molar-refractivity contribution is 6.35. The Hall–Kier alpha value is -2.09. The van der Waals surface area contributed by atoms with Crippen LogP contribution in [0.1, 0.15) is 5.56 Å². The number of rotatable bonds is 6. The number of piperazine rings is 1. The third-order valence-corrected chi connectivity index (χ3v) is 4.80. The summed E-state index contributed by atoms with van der Waals surface area (Å²) >= 11 is 12.3. The molecule has 3 rings (SSSR count). The van der Waals surface area contributed by atoms with Gasteiger partial charge in [0.25, 0.3) is 0 Å². The molecule has 0 aliphatic carbocycles. The summed E-state index contributed by atoms with van der Waals surface area (Å²) in [6, 6.07) is 5.32. The fourth-order valence-electron chi connectivity index (χ4n) is 2.70. The molecule has 1 aromatic heterocycles. The van der Waals surface area contributed by atoms with E-state index < -0.39 is 0 Å². The van der Waals surface area contributed by atoms with Crippen molar-refractivity contribution in [1.82, 2.24) is 14.9 Å². The quantitative estimate of drug-likeness (QED) is 0.804. The number of carbonyl (C=O) groups is 1. The zero-order valence-electron chi connectivity index (χ0n) is 14.1. The van der Waals surface area contributed by atoms with E-state index in [9.17, 15) is 4.79 Å². The van der Waals surface area contributed by atoms with E-state index in [4.69, 9.17) is 33.7 Å². The van der Waals surface area contributed by atoms with Gasteiger partial charge >= 0.3 is 0 Å². The number of ether oxygens (including phenoxy) is 1. The van der Waals surface area contributed by atoms with Crippen LogP contribution in [-0.4, -0.2) is 53.5 Å². The van der Waals surface area contributed by atoms with Crippen LogP contribution in [0.3, 0.4) is 0 Å². The highest BCUT2D eigenvalue weighted by Gasteiger charge is 2.19. The summed E-state index contributed by atoms with van der Waals surface area (Å²) in [4.78, 5) is 23.8. The molecule has 0 radical (unpaired) electrons. The predicted molar refractivity (Wildman–Crippen MR) is 101 cm³/mol. The third-order valence-electron chi connectivity index (χ3n) is 4.09. The molecule has 1 aromatic carbocycles. The minimum absolute atomic E-state index is 0.243. The first-order valence-corrected chi connectivity index (χ1v) is 8.92. The van der Waals surface area contributed by atoms with E-state index in [2.05, 4.69) is 14.9 Å². The number of hydrogen-bond acceptors (Lipinski definition) is 6. The lowest BCUT2D eigenvalue weighted by Gasteiger charge is -2.33. The number of carbonyl (C=O) groups excluding carboxylic acids is 1. The van der Waals surface area contributed by atoms with E-state index in [1.165, 1.54) is 0 Å². The van der Waals surface area contributed by atoms with Crippen LogP contribution < -0.4 is 15.4 Å². The molecule has 2 aromatic rings. The predicted octanol–water partition coefficient (Wildman–Crippen LogP) is 1.97. The number of hydrogen-bond donors (Lipinski definition) is 1. The summed E-state index contributed by atoms with van der Waals surface area (Å²) in [6.07, 6.45) is 3.26. The van der Waals surface area contributed by atoms with E-state index in [1.54, 1.807) is 30.6 Å². The molecular formula is C17H19Cl2N5O2. The fraction of sp³-hybridized carbons (Fsp3) is 0.353. The van der Waals surface area contributed by atoms with E-state index in [-0.39, 0.29) is 19.1 Å². The lowest BCUT2D eigenvalue weighted by molar-refractivity contribution is -0.119. The summed E-state index contributed by atoms with van der Waals surface area (Å²) < 4.78 is 5.68. The summed E-state index contributed by atoms with van der Waals surface area (Å²) in [5, 5.41) is 1.12. The Morgan fingerprint density at radius 2 is 1.73 bits per heavy atom. The van der Waals surface area contributed by atoms with Crippen LogP contribution in [0.4, 0.5) is 5.95 Å². The minimum atomic E-state index is -0.310. The molecule has 0 atom stereocenters. The Labute approximate surface area is 161 Å². The first kappa shape index (κ1) is 18.7. The topological polar surface area (TPSA) is 84.6 Å². The lowest BCUT2D eigenvalue weighted by Crippen LogP contribution is -2.49. The van der Waals surface area contributed by atoms with Gasteiger partial charge in [0.05, 0.1) is 18.9 Å². The van der Waals surface area contributed by atoms with Crippen molar-refractivity contribution in [2.45, 2.75) is 6.61 Å². The number of amides is 1. The zero-order valence-corrected chi connectivity index (χ0v) is 15.6. The fourth-order valence-corrected chi connectivity index (χ4v) is 3.21. The maximum atomic E-state index is 11.0. The maximum absolute atomic E-state index is 11.0. The highest BCUT2D eigenvalue weighted by atomic mass is 35.5. The van der Waals surface area contributed by atoms with Gasteiger partial charge in [-0.1, -0.05) is 29.3 Å². The lowest BCUT2D eigenvalue weighted by atomic mass is 10.2. The normalized spacial score (nSPS) is 15.1. The van der Waals surface area contributed by atoms with Gasteiger partial charge < -0.3 is 15.4 Å². The van der Waals surface area contributed by atoms with Crippen molar-refractivity contribution in [3.05, 3.63) is 46.2 Å². The minimum Gasteiger partial charge on any atom is -0.486 e. The molecule has 138 valence electrons. The van der Waals surface area contributed by atoms with E-state index >= 15 is 0 Å². The molecule has 1 aliphatic heterocycles. The average molecular weight is 396 g/mol. The van der Waals surface area contributed by atoms with E-state index in [1.807, 2.05) is 4.90 Å². The molecule has 1 aliphatic rings. The molecule has 0 bridgehead atoms. The van der Waals surface area contributed by atoms with Gasteiger partial charge in [-0.05, 0) is 12.1 Å². The van der Waals surface area contributed by atoms with Crippen LogP contribution in [0.15, 0.2) is 30.6 Å². The van der Waals surface area contributed by atoms with Gasteiger partial charge in [0.2, 0.25) is 11.9 Å². The number of halogens is 2. The number of benzene rings is 1. The molecule has 26 heavy (non-hydrogen) atoms. The van der Waals surface area contributed by atoms with Gasteiger partial charge in [0.1, 0.15) is 6.61 Å². The Bertz CT molecular complexity index is 744. The molecule has 2 N–H and O–H groups in total. The van der Waals surface area contributed by atoms with E-state index in [0.29, 0.717) is 21.7 Å². The molecule has 0 unspecified atom stereocenters. The van der Waals surface area contributed by atoms with Crippen LogP contribution in [0.5, 0.6) is 5.75 Å². The van der Waals surface area contributed by atoms with Gasteiger partial charge in [-0.3, -0.25) is 9.69 Å². The molecule has 0 saturated carbocycles. The molecule has 2 heterocycles. The molecule has 1 amide bonds. The monoisotopic (exact) mass is 395 g/mol. The van der Waals surface area contributed by atoms with Crippen molar-refractivity contribution >= 4 is 35.1 Å². The summed E-state index contributed by atoms with van der Waals surface area (Å²) in [5.41, 5.74) is 5.95. The van der Waals surface area contributed by atoms with Crippen molar-refractivity contribution in [2.24, 2.45) is 5.73 Å². The summed E-state index contributed by atoms with van der Waals surface area (Å²) in [7, 11) is 0. The van der Waals surface area contributed by atoms with Crippen LogP contribution in [0.25, 0.3) is 0 Å². The molecular weight excluding hydrogens is 377 g/mol. The van der Waals surface area contributed by atoms with Crippen LogP contribution in [0, 0.1) is 0 Å². The number of nitrogens with zero attached hydrogens (tertiary/aromatic N) is 4. The zero-order chi connectivity index (χ0) is 18.5. The van der Waals surface area contributed by atoms with Crippen molar-refractivity contribution in [2.75, 3.05) is 37.6 Å². The van der Waals surface area contributed by atoms with Crippen LogP contribution in [0.2, 0.25) is 10.0 Å².